The quantitative estimate of drug-likeness (QED) is 0.854. The summed E-state index contributed by atoms with van der Waals surface area (Å²) in [6.07, 6.45) is 2.25. The second-order valence-electron chi connectivity index (χ2n) is 7.58. The fourth-order valence-electron chi connectivity index (χ4n) is 3.87. The first-order valence-corrected chi connectivity index (χ1v) is 9.48. The number of nitrogens with zero attached hydrogens (tertiary/aromatic N) is 4. The summed E-state index contributed by atoms with van der Waals surface area (Å²) in [4.78, 5) is 28.7. The van der Waals surface area contributed by atoms with Gasteiger partial charge in [0.15, 0.2) is 6.04 Å². The molecule has 1 aromatic rings. The Hall–Kier alpha value is -2.41. The molecule has 3 rings (SSSR count). The van der Waals surface area contributed by atoms with E-state index in [-0.39, 0.29) is 18.4 Å². The van der Waals surface area contributed by atoms with E-state index in [1.165, 1.54) is 5.01 Å². The Morgan fingerprint density at radius 1 is 1.22 bits per heavy atom. The van der Waals surface area contributed by atoms with Crippen LogP contribution >= 0.6 is 0 Å². The average Bonchev–Trinajstić information content (AvgIpc) is 3.13. The number of amides is 1. The second kappa shape index (κ2) is 8.08. The molecule has 1 amide bonds. The number of para-hydroxylation sites is 1. The minimum absolute atomic E-state index is 0.1000. The molecule has 1 fully saturated rings. The minimum Gasteiger partial charge on any atom is -0.480 e. The number of benzene rings is 1. The summed E-state index contributed by atoms with van der Waals surface area (Å²) in [5, 5.41) is 15.4. The molecule has 2 atom stereocenters. The van der Waals surface area contributed by atoms with Crippen LogP contribution in [0.1, 0.15) is 26.2 Å². The summed E-state index contributed by atoms with van der Waals surface area (Å²) in [5.41, 5.74) is 0.993. The van der Waals surface area contributed by atoms with Crippen molar-refractivity contribution in [3.8, 4) is 0 Å². The average molecular weight is 372 g/mol. The summed E-state index contributed by atoms with van der Waals surface area (Å²) < 4.78 is 0. The Kier molecular flexibility index (Phi) is 5.79. The van der Waals surface area contributed by atoms with Gasteiger partial charge in [-0.05, 0) is 58.0 Å². The highest BCUT2D eigenvalue weighted by atomic mass is 16.4. The van der Waals surface area contributed by atoms with Gasteiger partial charge >= 0.3 is 5.97 Å². The predicted molar refractivity (Wildman–Crippen MR) is 105 cm³/mol. The fraction of sp³-hybridized carbons (Fsp3) is 0.550. The lowest BCUT2D eigenvalue weighted by atomic mass is 9.89. The van der Waals surface area contributed by atoms with Crippen molar-refractivity contribution >= 4 is 23.3 Å². The topological polar surface area (TPSA) is 76.5 Å². The van der Waals surface area contributed by atoms with E-state index in [4.69, 9.17) is 0 Å². The van der Waals surface area contributed by atoms with E-state index in [0.29, 0.717) is 17.3 Å². The smallest absolute Gasteiger partial charge is 0.328 e. The summed E-state index contributed by atoms with van der Waals surface area (Å²) in [5.74, 6) is -0.694. The van der Waals surface area contributed by atoms with Crippen LogP contribution in [0, 0.1) is 5.92 Å². The molecule has 146 valence electrons. The van der Waals surface area contributed by atoms with Crippen molar-refractivity contribution in [1.29, 1.82) is 0 Å². The molecule has 0 radical (unpaired) electrons. The van der Waals surface area contributed by atoms with Crippen molar-refractivity contribution in [2.75, 3.05) is 32.2 Å². The zero-order chi connectivity index (χ0) is 19.6. The Morgan fingerprint density at radius 2 is 1.85 bits per heavy atom. The number of aliphatic carboxylic acids is 1. The van der Waals surface area contributed by atoms with Crippen molar-refractivity contribution in [3.05, 3.63) is 30.3 Å². The maximum Gasteiger partial charge on any atom is 0.328 e. The van der Waals surface area contributed by atoms with Crippen LogP contribution in [-0.4, -0.2) is 71.8 Å². The lowest BCUT2D eigenvalue weighted by Crippen LogP contribution is -2.46. The highest BCUT2D eigenvalue weighted by molar-refractivity contribution is 6.40. The third kappa shape index (κ3) is 4.13. The van der Waals surface area contributed by atoms with Crippen LogP contribution in [-0.2, 0) is 9.59 Å². The molecule has 0 aliphatic carbocycles. The van der Waals surface area contributed by atoms with Crippen LogP contribution in [0.15, 0.2) is 35.4 Å². The molecule has 7 heteroatoms. The van der Waals surface area contributed by atoms with Crippen LogP contribution < -0.4 is 5.01 Å². The molecular formula is C20H28N4O3. The molecule has 2 heterocycles. The molecule has 2 aliphatic rings. The van der Waals surface area contributed by atoms with Gasteiger partial charge in [0.05, 0.1) is 5.69 Å². The number of piperidine rings is 1. The van der Waals surface area contributed by atoms with Gasteiger partial charge in [0.25, 0.3) is 5.91 Å². The standard InChI is InChI=1S/C20H28N4O3/c1-14(15-9-11-22(2)12-10-15)23(3)19(25)17-13-18(20(26)27)24(21-17)16-7-5-4-6-8-16/h4-8,14-15,18H,9-13H2,1-3H3,(H,26,27). The molecule has 7 nitrogen and oxygen atoms in total. The number of anilines is 1. The van der Waals surface area contributed by atoms with Gasteiger partial charge in [-0.3, -0.25) is 9.80 Å². The molecule has 0 spiro atoms. The molecule has 0 bridgehead atoms. The van der Waals surface area contributed by atoms with E-state index in [9.17, 15) is 14.7 Å². The van der Waals surface area contributed by atoms with Gasteiger partial charge in [-0.25, -0.2) is 4.79 Å². The number of carboxylic acids is 1. The van der Waals surface area contributed by atoms with E-state index in [0.717, 1.165) is 25.9 Å². The van der Waals surface area contributed by atoms with Crippen LogP contribution in [0.25, 0.3) is 0 Å². The number of hydrogen-bond donors (Lipinski definition) is 1. The fourth-order valence-corrected chi connectivity index (χ4v) is 3.87. The molecule has 1 N–H and O–H groups in total. The second-order valence-corrected chi connectivity index (χ2v) is 7.58. The largest absolute Gasteiger partial charge is 0.480 e. The molecule has 0 aromatic heterocycles. The number of rotatable bonds is 5. The predicted octanol–water partition coefficient (Wildman–Crippen LogP) is 1.89. The molecule has 27 heavy (non-hydrogen) atoms. The Labute approximate surface area is 160 Å². The molecule has 0 saturated carbocycles. The Morgan fingerprint density at radius 3 is 2.44 bits per heavy atom. The van der Waals surface area contributed by atoms with Gasteiger partial charge in [-0.15, -0.1) is 0 Å². The number of carboxylic acid groups (broad SMARTS) is 1. The van der Waals surface area contributed by atoms with Gasteiger partial charge in [0.1, 0.15) is 5.71 Å². The summed E-state index contributed by atoms with van der Waals surface area (Å²) >= 11 is 0. The van der Waals surface area contributed by atoms with Crippen molar-refractivity contribution in [2.24, 2.45) is 11.0 Å². The zero-order valence-electron chi connectivity index (χ0n) is 16.2. The van der Waals surface area contributed by atoms with E-state index >= 15 is 0 Å². The van der Waals surface area contributed by atoms with Gasteiger partial charge in [0, 0.05) is 19.5 Å². The first-order chi connectivity index (χ1) is 12.9. The lowest BCUT2D eigenvalue weighted by Gasteiger charge is -2.37. The first kappa shape index (κ1) is 19.4. The van der Waals surface area contributed by atoms with E-state index < -0.39 is 12.0 Å². The normalized spacial score (nSPS) is 22.4. The zero-order valence-corrected chi connectivity index (χ0v) is 16.2. The van der Waals surface area contributed by atoms with Crippen molar-refractivity contribution in [3.63, 3.8) is 0 Å². The first-order valence-electron chi connectivity index (χ1n) is 9.48. The SMILES string of the molecule is CC(C1CCN(C)CC1)N(C)C(=O)C1=NN(c2ccccc2)C(C(=O)O)C1. The number of hydrogen-bond acceptors (Lipinski definition) is 5. The summed E-state index contributed by atoms with van der Waals surface area (Å²) in [6, 6.07) is 8.38. The minimum atomic E-state index is -0.976. The monoisotopic (exact) mass is 372 g/mol. The molecule has 2 aliphatic heterocycles. The maximum absolute atomic E-state index is 13.0. The number of carbonyl (C=O) groups is 2. The molecule has 1 saturated heterocycles. The van der Waals surface area contributed by atoms with Crippen LogP contribution in [0.4, 0.5) is 5.69 Å². The highest BCUT2D eigenvalue weighted by Gasteiger charge is 2.38. The highest BCUT2D eigenvalue weighted by Crippen LogP contribution is 2.27. The lowest BCUT2D eigenvalue weighted by molar-refractivity contribution is -0.138. The number of carbonyl (C=O) groups excluding carboxylic acids is 1. The van der Waals surface area contributed by atoms with E-state index in [2.05, 4.69) is 24.0 Å². The van der Waals surface area contributed by atoms with Crippen molar-refractivity contribution in [1.82, 2.24) is 9.80 Å². The summed E-state index contributed by atoms with van der Waals surface area (Å²) in [7, 11) is 3.92. The van der Waals surface area contributed by atoms with Crippen molar-refractivity contribution < 1.29 is 14.7 Å². The van der Waals surface area contributed by atoms with E-state index in [1.54, 1.807) is 24.1 Å². The maximum atomic E-state index is 13.0. The Balaban J connectivity index is 1.74. The Bertz CT molecular complexity index is 713. The number of likely N-dealkylation sites (tertiary alicyclic amines) is 1. The molecular weight excluding hydrogens is 344 g/mol. The van der Waals surface area contributed by atoms with Gasteiger partial charge in [0.2, 0.25) is 0 Å². The van der Waals surface area contributed by atoms with Crippen LogP contribution in [0.3, 0.4) is 0 Å². The summed E-state index contributed by atoms with van der Waals surface area (Å²) in [6.45, 7) is 4.16. The van der Waals surface area contributed by atoms with Crippen LogP contribution in [0.5, 0.6) is 0 Å². The van der Waals surface area contributed by atoms with Crippen molar-refractivity contribution in [2.45, 2.75) is 38.3 Å². The van der Waals surface area contributed by atoms with Gasteiger partial charge in [-0.1, -0.05) is 18.2 Å². The van der Waals surface area contributed by atoms with Gasteiger partial charge in [-0.2, -0.15) is 5.10 Å². The van der Waals surface area contributed by atoms with E-state index in [1.807, 2.05) is 18.2 Å². The molecule has 2 unspecified atom stereocenters. The third-order valence-corrected chi connectivity index (χ3v) is 5.84. The van der Waals surface area contributed by atoms with Gasteiger partial charge < -0.3 is 14.9 Å². The third-order valence-electron chi connectivity index (χ3n) is 5.84. The molecule has 1 aromatic carbocycles. The van der Waals surface area contributed by atoms with Crippen LogP contribution in [0.2, 0.25) is 0 Å². The number of hydrazone groups is 1.